The first-order chi connectivity index (χ1) is 18.9. The van der Waals surface area contributed by atoms with E-state index in [4.69, 9.17) is 0 Å². The molecule has 2 amide bonds. The van der Waals surface area contributed by atoms with Crippen molar-refractivity contribution in [3.05, 3.63) is 22.8 Å². The van der Waals surface area contributed by atoms with E-state index in [1.54, 1.807) is 0 Å². The lowest BCUT2D eigenvalue weighted by Crippen LogP contribution is -2.16. The minimum Gasteiger partial charge on any atom is -0.326 e. The summed E-state index contributed by atoms with van der Waals surface area (Å²) in [7, 11) is 0. The quantitative estimate of drug-likeness (QED) is 0.128. The number of aryl methyl sites for hydroxylation is 1. The van der Waals surface area contributed by atoms with E-state index < -0.39 is 0 Å². The summed E-state index contributed by atoms with van der Waals surface area (Å²) in [5.41, 5.74) is 4.85. The zero-order chi connectivity index (χ0) is 28.7. The second-order valence-corrected chi connectivity index (χ2v) is 11.8. The van der Waals surface area contributed by atoms with Crippen LogP contribution in [0.5, 0.6) is 0 Å². The van der Waals surface area contributed by atoms with Crippen LogP contribution in [-0.4, -0.2) is 11.8 Å². The Bertz CT molecular complexity index is 802. The third-order valence-electron chi connectivity index (χ3n) is 8.15. The van der Waals surface area contributed by atoms with Gasteiger partial charge in [0.2, 0.25) is 11.8 Å². The van der Waals surface area contributed by atoms with Gasteiger partial charge in [-0.25, -0.2) is 0 Å². The van der Waals surface area contributed by atoms with Crippen molar-refractivity contribution in [2.75, 3.05) is 10.6 Å². The zero-order valence-corrected chi connectivity index (χ0v) is 26.5. The smallest absolute Gasteiger partial charge is 0.224 e. The van der Waals surface area contributed by atoms with Gasteiger partial charge < -0.3 is 10.6 Å². The van der Waals surface area contributed by atoms with Crippen LogP contribution in [0.2, 0.25) is 0 Å². The molecular formula is C35H62N2O2. The fourth-order valence-corrected chi connectivity index (χ4v) is 5.36. The molecule has 2 N–H and O–H groups in total. The Morgan fingerprint density at radius 1 is 0.513 bits per heavy atom. The maximum absolute atomic E-state index is 12.6. The lowest BCUT2D eigenvalue weighted by Gasteiger charge is -2.18. The molecule has 4 nitrogen and oxygen atoms in total. The summed E-state index contributed by atoms with van der Waals surface area (Å²) in [6, 6.07) is 2.01. The highest BCUT2D eigenvalue weighted by Gasteiger charge is 2.14. The number of hydrogen-bond acceptors (Lipinski definition) is 2. The number of rotatable bonds is 24. The lowest BCUT2D eigenvalue weighted by atomic mass is 10.0. The van der Waals surface area contributed by atoms with Crippen molar-refractivity contribution in [2.24, 2.45) is 0 Å². The van der Waals surface area contributed by atoms with E-state index in [0.717, 1.165) is 53.7 Å². The first-order valence-electron chi connectivity index (χ1n) is 16.6. The fourth-order valence-electron chi connectivity index (χ4n) is 5.36. The molecule has 0 unspecified atom stereocenters. The van der Waals surface area contributed by atoms with Gasteiger partial charge in [-0.3, -0.25) is 9.59 Å². The maximum Gasteiger partial charge on any atom is 0.224 e. The van der Waals surface area contributed by atoms with E-state index in [1.807, 2.05) is 26.8 Å². The van der Waals surface area contributed by atoms with Gasteiger partial charge in [0, 0.05) is 24.2 Å². The Balaban J connectivity index is 2.30. The van der Waals surface area contributed by atoms with E-state index in [9.17, 15) is 9.59 Å². The van der Waals surface area contributed by atoms with Crippen molar-refractivity contribution in [3.8, 4) is 0 Å². The molecule has 0 aliphatic rings. The van der Waals surface area contributed by atoms with E-state index in [-0.39, 0.29) is 11.8 Å². The summed E-state index contributed by atoms with van der Waals surface area (Å²) in [5, 5.41) is 6.28. The van der Waals surface area contributed by atoms with Crippen LogP contribution in [0.1, 0.15) is 172 Å². The van der Waals surface area contributed by atoms with Gasteiger partial charge in [0.05, 0.1) is 0 Å². The molecule has 0 fully saturated rings. The number of amides is 2. The van der Waals surface area contributed by atoms with Crippen LogP contribution in [0.25, 0.3) is 0 Å². The summed E-state index contributed by atoms with van der Waals surface area (Å²) in [5.74, 6) is 0.187. The van der Waals surface area contributed by atoms with Crippen molar-refractivity contribution in [3.63, 3.8) is 0 Å². The molecule has 0 radical (unpaired) electrons. The summed E-state index contributed by atoms with van der Waals surface area (Å²) in [6.45, 7) is 10.6. The van der Waals surface area contributed by atoms with Gasteiger partial charge in [-0.1, -0.05) is 129 Å². The van der Waals surface area contributed by atoms with Gasteiger partial charge in [-0.2, -0.15) is 0 Å². The minimum absolute atomic E-state index is 0.0919. The summed E-state index contributed by atoms with van der Waals surface area (Å²) in [4.78, 5) is 25.2. The SMILES string of the molecule is CCCCCCCCCCCCC(=O)Nc1cc(C)c(NC(=O)CCCCCCCCCCCC)c(C)c1C. The molecule has 1 rings (SSSR count). The fraction of sp³-hybridized carbons (Fsp3) is 0.771. The zero-order valence-electron chi connectivity index (χ0n) is 26.5. The van der Waals surface area contributed by atoms with E-state index in [1.165, 1.54) is 103 Å². The maximum atomic E-state index is 12.6. The summed E-state index contributed by atoms with van der Waals surface area (Å²) < 4.78 is 0. The Labute approximate surface area is 241 Å². The molecule has 0 aliphatic carbocycles. The Kier molecular flexibility index (Phi) is 20.7. The van der Waals surface area contributed by atoms with Gasteiger partial charge in [-0.05, 0) is 56.4 Å². The van der Waals surface area contributed by atoms with E-state index >= 15 is 0 Å². The van der Waals surface area contributed by atoms with Crippen molar-refractivity contribution < 1.29 is 9.59 Å². The van der Waals surface area contributed by atoms with Crippen LogP contribution >= 0.6 is 0 Å². The third kappa shape index (κ3) is 16.8. The van der Waals surface area contributed by atoms with Gasteiger partial charge in [-0.15, -0.1) is 0 Å². The summed E-state index contributed by atoms with van der Waals surface area (Å²) in [6.07, 6.45) is 26.6. The number of anilines is 2. The molecule has 0 aromatic heterocycles. The second-order valence-electron chi connectivity index (χ2n) is 11.8. The molecular weight excluding hydrogens is 480 g/mol. The first kappa shape index (κ1) is 35.2. The largest absolute Gasteiger partial charge is 0.326 e. The molecule has 0 aliphatic heterocycles. The van der Waals surface area contributed by atoms with Crippen LogP contribution in [0.3, 0.4) is 0 Å². The monoisotopic (exact) mass is 542 g/mol. The van der Waals surface area contributed by atoms with Gasteiger partial charge >= 0.3 is 0 Å². The number of hydrogen-bond donors (Lipinski definition) is 2. The van der Waals surface area contributed by atoms with Gasteiger partial charge in [0.15, 0.2) is 0 Å². The standard InChI is InChI=1S/C35H62N2O2/c1-6-8-10-12-14-16-18-20-22-24-26-33(38)36-32-28-29(3)35(31(5)30(32)4)37-34(39)27-25-23-21-19-17-15-13-11-9-7-2/h28H,6-27H2,1-5H3,(H,36,38)(H,37,39). The van der Waals surface area contributed by atoms with Crippen LogP contribution in [0, 0.1) is 20.8 Å². The second kappa shape index (κ2) is 22.9. The average Bonchev–Trinajstić information content (AvgIpc) is 2.91. The normalized spacial score (nSPS) is 11.1. The number of benzene rings is 1. The number of carbonyl (C=O) groups is 2. The molecule has 0 heterocycles. The Morgan fingerprint density at radius 3 is 1.28 bits per heavy atom. The predicted molar refractivity (Wildman–Crippen MR) is 171 cm³/mol. The van der Waals surface area contributed by atoms with E-state index in [2.05, 4.69) is 24.5 Å². The van der Waals surface area contributed by atoms with Crippen LogP contribution in [0.15, 0.2) is 6.07 Å². The topological polar surface area (TPSA) is 58.2 Å². The molecule has 0 spiro atoms. The number of nitrogens with one attached hydrogen (secondary N) is 2. The molecule has 1 aromatic carbocycles. The minimum atomic E-state index is 0.0919. The first-order valence-corrected chi connectivity index (χ1v) is 16.6. The third-order valence-corrected chi connectivity index (χ3v) is 8.15. The van der Waals surface area contributed by atoms with E-state index in [0.29, 0.717) is 12.8 Å². The highest BCUT2D eigenvalue weighted by molar-refractivity contribution is 5.95. The average molecular weight is 543 g/mol. The molecule has 0 saturated heterocycles. The molecule has 4 heteroatoms. The van der Waals surface area contributed by atoms with Crippen LogP contribution in [-0.2, 0) is 9.59 Å². The Hall–Kier alpha value is -1.84. The molecule has 0 bridgehead atoms. The molecule has 39 heavy (non-hydrogen) atoms. The highest BCUT2D eigenvalue weighted by Crippen LogP contribution is 2.30. The van der Waals surface area contributed by atoms with Crippen molar-refractivity contribution >= 4 is 23.2 Å². The lowest BCUT2D eigenvalue weighted by molar-refractivity contribution is -0.117. The molecule has 224 valence electrons. The molecule has 0 saturated carbocycles. The van der Waals surface area contributed by atoms with Gasteiger partial charge in [0.1, 0.15) is 0 Å². The van der Waals surface area contributed by atoms with Crippen LogP contribution in [0.4, 0.5) is 11.4 Å². The predicted octanol–water partition coefficient (Wildman–Crippen LogP) is 11.1. The Morgan fingerprint density at radius 2 is 0.872 bits per heavy atom. The van der Waals surface area contributed by atoms with Crippen molar-refractivity contribution in [2.45, 2.75) is 176 Å². The van der Waals surface area contributed by atoms with Crippen molar-refractivity contribution in [1.29, 1.82) is 0 Å². The molecule has 0 atom stereocenters. The number of carbonyl (C=O) groups excluding carboxylic acids is 2. The highest BCUT2D eigenvalue weighted by atomic mass is 16.2. The van der Waals surface area contributed by atoms with Crippen molar-refractivity contribution in [1.82, 2.24) is 0 Å². The number of unbranched alkanes of at least 4 members (excludes halogenated alkanes) is 18. The van der Waals surface area contributed by atoms with Gasteiger partial charge in [0.25, 0.3) is 0 Å². The molecule has 1 aromatic rings. The van der Waals surface area contributed by atoms with Crippen LogP contribution < -0.4 is 10.6 Å². The summed E-state index contributed by atoms with van der Waals surface area (Å²) >= 11 is 0.